The van der Waals surface area contributed by atoms with Crippen molar-refractivity contribution in [2.24, 2.45) is 5.92 Å². The van der Waals surface area contributed by atoms with Crippen LogP contribution in [-0.4, -0.2) is 29.3 Å². The number of rotatable bonds is 5. The van der Waals surface area contributed by atoms with E-state index in [1.807, 2.05) is 0 Å². The maximum atomic E-state index is 13.6. The summed E-state index contributed by atoms with van der Waals surface area (Å²) in [7, 11) is 1.17. The van der Waals surface area contributed by atoms with Gasteiger partial charge in [-0.1, -0.05) is 6.92 Å². The Kier molecular flexibility index (Phi) is 4.25. The standard InChI is InChI=1S/C12H13FO5/c1-6(11(14)15)3-7-4-8(12(16)17)10(18-2)9(13)5-7/h4-6H,3H2,1-2H3,(H,14,15)(H,16,17). The van der Waals surface area contributed by atoms with E-state index >= 15 is 0 Å². The Hall–Kier alpha value is -2.11. The molecule has 0 heterocycles. The van der Waals surface area contributed by atoms with Crippen molar-refractivity contribution in [1.82, 2.24) is 0 Å². The fourth-order valence-corrected chi connectivity index (χ4v) is 1.57. The number of benzene rings is 1. The topological polar surface area (TPSA) is 83.8 Å². The third-order valence-corrected chi connectivity index (χ3v) is 2.50. The van der Waals surface area contributed by atoms with Gasteiger partial charge in [0, 0.05) is 0 Å². The summed E-state index contributed by atoms with van der Waals surface area (Å²) >= 11 is 0. The van der Waals surface area contributed by atoms with Gasteiger partial charge in [0.05, 0.1) is 13.0 Å². The second kappa shape index (κ2) is 5.48. The van der Waals surface area contributed by atoms with Gasteiger partial charge in [0.2, 0.25) is 0 Å². The van der Waals surface area contributed by atoms with Crippen molar-refractivity contribution in [3.05, 3.63) is 29.1 Å². The van der Waals surface area contributed by atoms with E-state index in [4.69, 9.17) is 10.2 Å². The Balaban J connectivity index is 3.17. The van der Waals surface area contributed by atoms with Crippen molar-refractivity contribution in [1.29, 1.82) is 0 Å². The molecule has 1 unspecified atom stereocenters. The van der Waals surface area contributed by atoms with Crippen LogP contribution in [0.4, 0.5) is 4.39 Å². The second-order valence-corrected chi connectivity index (χ2v) is 3.91. The van der Waals surface area contributed by atoms with E-state index in [0.29, 0.717) is 5.56 Å². The average molecular weight is 256 g/mol. The van der Waals surface area contributed by atoms with Crippen molar-refractivity contribution in [3.63, 3.8) is 0 Å². The van der Waals surface area contributed by atoms with E-state index < -0.39 is 23.7 Å². The van der Waals surface area contributed by atoms with Crippen LogP contribution in [0, 0.1) is 11.7 Å². The second-order valence-electron chi connectivity index (χ2n) is 3.91. The Morgan fingerprint density at radius 1 is 1.39 bits per heavy atom. The van der Waals surface area contributed by atoms with Gasteiger partial charge < -0.3 is 14.9 Å². The quantitative estimate of drug-likeness (QED) is 0.839. The maximum absolute atomic E-state index is 13.6. The molecule has 1 aromatic carbocycles. The molecule has 0 aromatic heterocycles. The number of aromatic carboxylic acids is 1. The molecule has 0 bridgehead atoms. The number of carboxylic acids is 2. The highest BCUT2D eigenvalue weighted by atomic mass is 19.1. The predicted molar refractivity (Wildman–Crippen MR) is 60.4 cm³/mol. The van der Waals surface area contributed by atoms with E-state index in [-0.39, 0.29) is 17.7 Å². The van der Waals surface area contributed by atoms with Gasteiger partial charge in [-0.25, -0.2) is 9.18 Å². The van der Waals surface area contributed by atoms with Crippen molar-refractivity contribution in [3.8, 4) is 5.75 Å². The fraction of sp³-hybridized carbons (Fsp3) is 0.333. The summed E-state index contributed by atoms with van der Waals surface area (Å²) in [5.41, 5.74) is -0.00862. The van der Waals surface area contributed by atoms with Gasteiger partial charge in [-0.15, -0.1) is 0 Å². The van der Waals surface area contributed by atoms with Gasteiger partial charge >= 0.3 is 11.9 Å². The molecule has 0 aliphatic carbocycles. The largest absolute Gasteiger partial charge is 0.493 e. The normalized spacial score (nSPS) is 11.9. The molecule has 0 saturated heterocycles. The summed E-state index contributed by atoms with van der Waals surface area (Å²) in [6.07, 6.45) is 0.0521. The lowest BCUT2D eigenvalue weighted by Gasteiger charge is -2.11. The molecule has 98 valence electrons. The lowest BCUT2D eigenvalue weighted by Crippen LogP contribution is -2.13. The molecule has 1 rings (SSSR count). The third kappa shape index (κ3) is 2.97. The van der Waals surface area contributed by atoms with Crippen molar-refractivity contribution in [2.45, 2.75) is 13.3 Å². The molecular formula is C12H13FO5. The predicted octanol–water partition coefficient (Wildman–Crippen LogP) is 1.80. The monoisotopic (exact) mass is 256 g/mol. The summed E-state index contributed by atoms with van der Waals surface area (Å²) in [6.45, 7) is 1.46. The molecule has 0 radical (unpaired) electrons. The number of methoxy groups -OCH3 is 1. The zero-order valence-electron chi connectivity index (χ0n) is 9.94. The Labute approximate surface area is 103 Å². The van der Waals surface area contributed by atoms with E-state index in [1.165, 1.54) is 20.1 Å². The zero-order valence-corrected chi connectivity index (χ0v) is 9.94. The zero-order chi connectivity index (χ0) is 13.9. The lowest BCUT2D eigenvalue weighted by atomic mass is 9.99. The number of halogens is 1. The molecule has 0 amide bonds. The van der Waals surface area contributed by atoms with Crippen molar-refractivity contribution in [2.75, 3.05) is 7.11 Å². The van der Waals surface area contributed by atoms with Crippen LogP contribution in [0.1, 0.15) is 22.8 Å². The number of aliphatic carboxylic acids is 1. The van der Waals surface area contributed by atoms with Crippen LogP contribution in [0.2, 0.25) is 0 Å². The van der Waals surface area contributed by atoms with E-state index in [2.05, 4.69) is 4.74 Å². The lowest BCUT2D eigenvalue weighted by molar-refractivity contribution is -0.141. The van der Waals surface area contributed by atoms with E-state index in [1.54, 1.807) is 0 Å². The number of hydrogen-bond donors (Lipinski definition) is 2. The highest BCUT2D eigenvalue weighted by molar-refractivity contribution is 5.91. The molecular weight excluding hydrogens is 243 g/mol. The van der Waals surface area contributed by atoms with Gasteiger partial charge in [-0.05, 0) is 24.1 Å². The van der Waals surface area contributed by atoms with Crippen molar-refractivity contribution < 1.29 is 28.9 Å². The summed E-state index contributed by atoms with van der Waals surface area (Å²) < 4.78 is 18.3. The van der Waals surface area contributed by atoms with Crippen LogP contribution in [-0.2, 0) is 11.2 Å². The molecule has 0 saturated carbocycles. The summed E-state index contributed by atoms with van der Waals surface area (Å²) in [6, 6.07) is 2.31. The number of ether oxygens (including phenoxy) is 1. The molecule has 2 N–H and O–H groups in total. The summed E-state index contributed by atoms with van der Waals surface area (Å²) in [4.78, 5) is 21.6. The molecule has 0 fully saturated rings. The van der Waals surface area contributed by atoms with Crippen LogP contribution in [0.5, 0.6) is 5.75 Å². The number of carboxylic acid groups (broad SMARTS) is 2. The Morgan fingerprint density at radius 3 is 2.44 bits per heavy atom. The van der Waals surface area contributed by atoms with E-state index in [0.717, 1.165) is 6.07 Å². The molecule has 1 atom stereocenters. The minimum absolute atomic E-state index is 0.0521. The Bertz CT molecular complexity index is 484. The maximum Gasteiger partial charge on any atom is 0.339 e. The molecule has 6 heteroatoms. The molecule has 1 aromatic rings. The molecule has 0 spiro atoms. The van der Waals surface area contributed by atoms with Crippen molar-refractivity contribution >= 4 is 11.9 Å². The highest BCUT2D eigenvalue weighted by Gasteiger charge is 2.19. The van der Waals surface area contributed by atoms with Gasteiger partial charge in [-0.2, -0.15) is 0 Å². The third-order valence-electron chi connectivity index (χ3n) is 2.50. The molecule has 5 nitrogen and oxygen atoms in total. The first-order valence-electron chi connectivity index (χ1n) is 5.19. The highest BCUT2D eigenvalue weighted by Crippen LogP contribution is 2.25. The summed E-state index contributed by atoms with van der Waals surface area (Å²) in [5.74, 6) is -4.24. The molecule has 18 heavy (non-hydrogen) atoms. The fourth-order valence-electron chi connectivity index (χ4n) is 1.57. The minimum Gasteiger partial charge on any atom is -0.493 e. The van der Waals surface area contributed by atoms with Crippen LogP contribution in [0.15, 0.2) is 12.1 Å². The first-order valence-corrected chi connectivity index (χ1v) is 5.19. The van der Waals surface area contributed by atoms with Crippen LogP contribution in [0.3, 0.4) is 0 Å². The Morgan fingerprint density at radius 2 is 2.00 bits per heavy atom. The van der Waals surface area contributed by atoms with Gasteiger partial charge in [-0.3, -0.25) is 4.79 Å². The summed E-state index contributed by atoms with van der Waals surface area (Å²) in [5, 5.41) is 17.7. The van der Waals surface area contributed by atoms with Gasteiger partial charge in [0.15, 0.2) is 11.6 Å². The van der Waals surface area contributed by atoms with Gasteiger partial charge in [0.1, 0.15) is 5.56 Å². The number of hydrogen-bond acceptors (Lipinski definition) is 3. The number of carbonyl (C=O) groups is 2. The van der Waals surface area contributed by atoms with Crippen LogP contribution >= 0.6 is 0 Å². The average Bonchev–Trinajstić information content (AvgIpc) is 2.27. The first kappa shape index (κ1) is 14.0. The molecule has 0 aliphatic rings. The van der Waals surface area contributed by atoms with Crippen LogP contribution in [0.25, 0.3) is 0 Å². The van der Waals surface area contributed by atoms with Gasteiger partial charge in [0.25, 0.3) is 0 Å². The van der Waals surface area contributed by atoms with Crippen LogP contribution < -0.4 is 4.74 Å². The first-order chi connectivity index (χ1) is 8.36. The smallest absolute Gasteiger partial charge is 0.339 e. The van der Waals surface area contributed by atoms with E-state index in [9.17, 15) is 14.0 Å². The molecule has 0 aliphatic heterocycles. The minimum atomic E-state index is -1.32. The SMILES string of the molecule is COc1c(F)cc(CC(C)C(=O)O)cc1C(=O)O.